The van der Waals surface area contributed by atoms with E-state index in [1.165, 1.54) is 12.1 Å². The van der Waals surface area contributed by atoms with Crippen molar-refractivity contribution in [3.05, 3.63) is 180 Å². The molecule has 10 rings (SSSR count). The van der Waals surface area contributed by atoms with E-state index in [2.05, 4.69) is 21.6 Å². The van der Waals surface area contributed by atoms with Gasteiger partial charge in [0.25, 0.3) is 10.1 Å². The molecule has 0 saturated heterocycles. The smallest absolute Gasteiger partial charge is 0.290 e. The van der Waals surface area contributed by atoms with Crippen molar-refractivity contribution in [1.82, 2.24) is 28.7 Å². The molecule has 0 amide bonds. The van der Waals surface area contributed by atoms with E-state index in [1.807, 2.05) is 94.1 Å². The van der Waals surface area contributed by atoms with Gasteiger partial charge in [-0.2, -0.15) is 18.9 Å². The minimum absolute atomic E-state index is 0.277. The zero-order valence-electron chi connectivity index (χ0n) is 35.0. The lowest BCUT2D eigenvalue weighted by molar-refractivity contribution is 0.483. The monoisotopic (exact) mass is 969 g/mol. The van der Waals surface area contributed by atoms with E-state index in [0.717, 1.165) is 22.5 Å². The van der Waals surface area contributed by atoms with Gasteiger partial charge in [-0.1, -0.05) is 60.7 Å². The van der Waals surface area contributed by atoms with E-state index in [9.17, 15) is 23.5 Å². The third-order valence-electron chi connectivity index (χ3n) is 10.5. The third kappa shape index (κ3) is 9.22. The Bertz CT molecular complexity index is 4000. The maximum atomic E-state index is 12.2. The fourth-order valence-corrected chi connectivity index (χ4v) is 8.22. The molecular weight excluding hydrogens is 943 g/mol. The number of hydrogen-bond acceptors (Lipinski definition) is 13. The van der Waals surface area contributed by atoms with Gasteiger partial charge in [-0.3, -0.25) is 18.3 Å². The highest BCUT2D eigenvalue weighted by Crippen LogP contribution is 2.44. The topological polar surface area (TPSA) is 262 Å². The number of aromatic nitrogens is 6. The van der Waals surface area contributed by atoms with E-state index >= 15 is 0 Å². The van der Waals surface area contributed by atoms with Crippen LogP contribution in [0, 0.1) is 29.2 Å². The maximum Gasteiger partial charge on any atom is 0.425 e. The van der Waals surface area contributed by atoms with Gasteiger partial charge in [-0.15, -0.1) is 25.3 Å². The molecule has 7 aromatic carbocycles. The van der Waals surface area contributed by atoms with Crippen molar-refractivity contribution in [3.8, 4) is 63.4 Å². The summed E-state index contributed by atoms with van der Waals surface area (Å²) in [5, 5.41) is 19.4. The van der Waals surface area contributed by atoms with Crippen LogP contribution >= 0.6 is 0 Å². The molecule has 18 nitrogen and oxygen atoms in total. The fourth-order valence-electron chi connectivity index (χ4n) is 7.74. The number of nitriles is 2. The van der Waals surface area contributed by atoms with Crippen LogP contribution in [0.4, 0.5) is 5.69 Å². The summed E-state index contributed by atoms with van der Waals surface area (Å²) in [4.78, 5) is 19.7. The predicted molar refractivity (Wildman–Crippen MR) is 252 cm³/mol. The molecule has 0 aliphatic rings. The molecular formula is C48H27N9O9S3. The number of hydrogen-bond donors (Lipinski definition) is 1. The number of imidazole rings is 3. The van der Waals surface area contributed by atoms with Gasteiger partial charge in [0.05, 0.1) is 34.7 Å². The molecule has 69 heavy (non-hydrogen) atoms. The van der Waals surface area contributed by atoms with E-state index in [-0.39, 0.29) is 4.90 Å². The average molecular weight is 970 g/mol. The summed E-state index contributed by atoms with van der Waals surface area (Å²) in [6.45, 7) is 7.60. The lowest BCUT2D eigenvalue weighted by Gasteiger charge is -2.13. The lowest BCUT2D eigenvalue weighted by Crippen LogP contribution is -2.02. The minimum atomic E-state index is -4.52. The summed E-state index contributed by atoms with van der Waals surface area (Å²) < 4.78 is 91.1. The van der Waals surface area contributed by atoms with E-state index in [4.69, 9.17) is 46.8 Å². The van der Waals surface area contributed by atoms with Crippen molar-refractivity contribution in [2.75, 3.05) is 0 Å². The fraction of sp³-hybridized carbons (Fsp3) is 0. The maximum absolute atomic E-state index is 12.2. The number of fused-ring (bicyclic) bond motifs is 6. The second-order valence-electron chi connectivity index (χ2n) is 14.5. The first kappa shape index (κ1) is 46.1. The van der Waals surface area contributed by atoms with Crippen LogP contribution in [-0.4, -0.2) is 66.9 Å². The van der Waals surface area contributed by atoms with Crippen molar-refractivity contribution in [2.24, 2.45) is 0 Å². The second kappa shape index (κ2) is 19.2. The Kier molecular flexibility index (Phi) is 12.8. The molecule has 10 aromatic rings. The number of para-hydroxylation sites is 2. The predicted octanol–water partition coefficient (Wildman–Crippen LogP) is 8.24. The molecule has 3 aromatic heterocycles. The Hall–Kier alpha value is -9.43. The molecule has 336 valence electrons. The van der Waals surface area contributed by atoms with E-state index in [1.54, 1.807) is 60.7 Å². The first-order chi connectivity index (χ1) is 33.2. The Morgan fingerprint density at radius 2 is 0.783 bits per heavy atom. The zero-order chi connectivity index (χ0) is 49.0. The van der Waals surface area contributed by atoms with Crippen molar-refractivity contribution < 1.29 is 38.2 Å². The Balaban J connectivity index is 0.000000747. The summed E-state index contributed by atoms with van der Waals surface area (Å²) in [5.74, 6) is 1.61. The molecule has 0 fully saturated rings. The minimum Gasteiger partial charge on any atom is -0.290 e. The Morgan fingerprint density at radius 1 is 0.478 bits per heavy atom. The van der Waals surface area contributed by atoms with Crippen LogP contribution in [0.1, 0.15) is 11.1 Å². The van der Waals surface area contributed by atoms with Crippen LogP contribution in [-0.2, 0) is 31.3 Å². The SMILES string of the molecule is O=S(=O)=O.O=S(=O)=O.[C-]#[N+]c1ccc(-c2nc3c(c4nc(-c5ccc(C#N)cc5)n(-c5ccc(S(=O)(=O)O)cc5)c4c4nc(-c5ccc(C#N)cc5)n(-c5ccccc5)c34)n2-c2ccccc2)cc1. The summed E-state index contributed by atoms with van der Waals surface area (Å²) in [6, 6.07) is 51.3. The van der Waals surface area contributed by atoms with Crippen molar-refractivity contribution >= 4 is 70.1 Å². The second-order valence-corrected chi connectivity index (χ2v) is 16.7. The number of benzene rings is 7. The zero-order valence-corrected chi connectivity index (χ0v) is 37.4. The van der Waals surface area contributed by atoms with Gasteiger partial charge in [-0.05, 0) is 97.1 Å². The lowest BCUT2D eigenvalue weighted by atomic mass is 10.1. The summed E-state index contributed by atoms with van der Waals surface area (Å²) in [5.41, 5.74) is 9.13. The van der Waals surface area contributed by atoms with Crippen molar-refractivity contribution in [1.29, 1.82) is 10.5 Å². The highest BCUT2D eigenvalue weighted by atomic mass is 32.2. The molecule has 0 atom stereocenters. The van der Waals surface area contributed by atoms with E-state index in [0.29, 0.717) is 78.6 Å². The molecule has 0 aliphatic heterocycles. The van der Waals surface area contributed by atoms with Gasteiger partial charge in [-0.25, -0.2) is 19.8 Å². The average Bonchev–Trinajstić information content (AvgIpc) is 4.07. The van der Waals surface area contributed by atoms with E-state index < -0.39 is 31.3 Å². The van der Waals surface area contributed by atoms with Gasteiger partial charge >= 0.3 is 21.2 Å². The number of nitrogens with zero attached hydrogens (tertiary/aromatic N) is 9. The molecule has 3 heterocycles. The highest BCUT2D eigenvalue weighted by Gasteiger charge is 2.30. The largest absolute Gasteiger partial charge is 0.425 e. The van der Waals surface area contributed by atoms with Gasteiger partial charge < -0.3 is 0 Å². The van der Waals surface area contributed by atoms with Gasteiger partial charge in [0.15, 0.2) is 5.69 Å². The molecule has 0 saturated carbocycles. The highest BCUT2D eigenvalue weighted by molar-refractivity contribution is 7.85. The van der Waals surface area contributed by atoms with Gasteiger partial charge in [0.1, 0.15) is 50.6 Å². The van der Waals surface area contributed by atoms with Gasteiger partial charge in [0.2, 0.25) is 0 Å². The molecule has 0 unspecified atom stereocenters. The molecule has 0 spiro atoms. The molecule has 0 bridgehead atoms. The molecule has 0 aliphatic carbocycles. The summed E-state index contributed by atoms with van der Waals surface area (Å²) in [7, 11) is -10.7. The normalized spacial score (nSPS) is 10.8. The van der Waals surface area contributed by atoms with Crippen LogP contribution < -0.4 is 0 Å². The first-order valence-corrected chi connectivity index (χ1v) is 23.3. The quantitative estimate of drug-likeness (QED) is 0.116. The van der Waals surface area contributed by atoms with Crippen LogP contribution in [0.15, 0.2) is 163 Å². The first-order valence-electron chi connectivity index (χ1n) is 19.8. The van der Waals surface area contributed by atoms with Crippen molar-refractivity contribution in [3.63, 3.8) is 0 Å². The van der Waals surface area contributed by atoms with Crippen LogP contribution in [0.5, 0.6) is 0 Å². The number of rotatable bonds is 7. The molecule has 0 radical (unpaired) electrons. The summed E-state index contributed by atoms with van der Waals surface area (Å²) >= 11 is 0. The molecule has 1 N–H and O–H groups in total. The standard InChI is InChI=1S/C48H27N9O3S.2O3S/c1-51-35-22-20-34(21-23-35)48-54-40-43-41(52-46(32-16-12-30(28-49)13-17-32)55(43)36-8-4-2-5-9-36)45-42(44(40)56(48)37-10-6-3-7-11-37)53-47(33-18-14-31(29-50)15-19-33)57(45)38-24-26-39(27-25-38)61(58,59)60;2*1-4(2)3/h2-27H,(H,58,59,60);;. The van der Waals surface area contributed by atoms with Crippen LogP contribution in [0.2, 0.25) is 0 Å². The third-order valence-corrected chi connectivity index (χ3v) is 11.4. The van der Waals surface area contributed by atoms with Crippen LogP contribution in [0.25, 0.3) is 89.2 Å². The Morgan fingerprint density at radius 3 is 1.07 bits per heavy atom. The van der Waals surface area contributed by atoms with Gasteiger partial charge in [0, 0.05) is 33.8 Å². The summed E-state index contributed by atoms with van der Waals surface area (Å²) in [6.07, 6.45) is 0. The van der Waals surface area contributed by atoms with Crippen molar-refractivity contribution in [2.45, 2.75) is 4.90 Å². The Labute approximate surface area is 394 Å². The molecule has 21 heteroatoms. The van der Waals surface area contributed by atoms with Crippen LogP contribution in [0.3, 0.4) is 0 Å².